The van der Waals surface area contributed by atoms with Crippen molar-refractivity contribution in [2.75, 3.05) is 13.6 Å². The highest BCUT2D eigenvalue weighted by Crippen LogP contribution is 2.24. The Morgan fingerprint density at radius 1 is 1.59 bits per heavy atom. The van der Waals surface area contributed by atoms with Crippen LogP contribution in [-0.2, 0) is 4.79 Å². The normalized spacial score (nSPS) is 20.7. The van der Waals surface area contributed by atoms with Crippen LogP contribution in [0.15, 0.2) is 6.20 Å². The van der Waals surface area contributed by atoms with Gasteiger partial charge in [-0.15, -0.1) is 0 Å². The van der Waals surface area contributed by atoms with E-state index in [1.807, 2.05) is 0 Å². The van der Waals surface area contributed by atoms with Gasteiger partial charge in [0, 0.05) is 20.0 Å². The summed E-state index contributed by atoms with van der Waals surface area (Å²) >= 11 is 0. The van der Waals surface area contributed by atoms with E-state index >= 15 is 0 Å². The van der Waals surface area contributed by atoms with Crippen molar-refractivity contribution in [1.29, 1.82) is 0 Å². The predicted molar refractivity (Wildman–Crippen MR) is 59.5 cm³/mol. The smallest absolute Gasteiger partial charge is 0.309 e. The summed E-state index contributed by atoms with van der Waals surface area (Å²) < 4.78 is 1.61. The Hall–Kier alpha value is -1.92. The number of hydrogen-bond acceptors (Lipinski definition) is 4. The Bertz CT molecular complexity index is 468. The van der Waals surface area contributed by atoms with E-state index in [9.17, 15) is 14.9 Å². The van der Waals surface area contributed by atoms with E-state index in [2.05, 4.69) is 5.10 Å². The van der Waals surface area contributed by atoms with Gasteiger partial charge in [-0.3, -0.25) is 19.6 Å². The lowest BCUT2D eigenvalue weighted by molar-refractivity contribution is -0.385. The van der Waals surface area contributed by atoms with Crippen molar-refractivity contribution >= 4 is 11.6 Å². The van der Waals surface area contributed by atoms with Crippen LogP contribution in [0.1, 0.15) is 24.6 Å². The van der Waals surface area contributed by atoms with Gasteiger partial charge in [0.15, 0.2) is 0 Å². The number of aromatic nitrogens is 2. The van der Waals surface area contributed by atoms with Gasteiger partial charge >= 0.3 is 5.69 Å². The number of rotatable bonds is 2. The van der Waals surface area contributed by atoms with Crippen LogP contribution in [0, 0.1) is 17.0 Å². The topological polar surface area (TPSA) is 81.3 Å². The van der Waals surface area contributed by atoms with Gasteiger partial charge in [-0.25, -0.2) is 0 Å². The molecule has 7 heteroatoms. The Kier molecular flexibility index (Phi) is 2.83. The van der Waals surface area contributed by atoms with Crippen LogP contribution >= 0.6 is 0 Å². The summed E-state index contributed by atoms with van der Waals surface area (Å²) in [5, 5.41) is 14.9. The number of likely N-dealkylation sites (tertiary alicyclic amines) is 1. The van der Waals surface area contributed by atoms with Crippen molar-refractivity contribution < 1.29 is 9.72 Å². The summed E-state index contributed by atoms with van der Waals surface area (Å²) in [4.78, 5) is 23.3. The Morgan fingerprint density at radius 3 is 2.82 bits per heavy atom. The lowest BCUT2D eigenvalue weighted by atomic mass is 10.1. The van der Waals surface area contributed by atoms with Crippen LogP contribution < -0.4 is 0 Å². The molecule has 0 bridgehead atoms. The molecule has 1 aromatic heterocycles. The Labute approximate surface area is 98.2 Å². The molecule has 2 rings (SSSR count). The van der Waals surface area contributed by atoms with E-state index in [4.69, 9.17) is 0 Å². The SMILES string of the molecule is Cc1nn(C2CCC(=O)N(C)C2)cc1[N+](=O)[O-]. The zero-order valence-electron chi connectivity index (χ0n) is 9.79. The highest BCUT2D eigenvalue weighted by molar-refractivity contribution is 5.76. The first-order valence-electron chi connectivity index (χ1n) is 5.43. The van der Waals surface area contributed by atoms with E-state index in [1.54, 1.807) is 23.6 Å². The van der Waals surface area contributed by atoms with E-state index in [0.29, 0.717) is 25.1 Å². The standard InChI is InChI=1S/C10H14N4O3/c1-7-9(14(16)17)6-13(11-7)8-3-4-10(15)12(2)5-8/h6,8H,3-5H2,1-2H3. The van der Waals surface area contributed by atoms with Crippen LogP contribution in [0.4, 0.5) is 5.69 Å². The molecule has 1 aliphatic heterocycles. The van der Waals surface area contributed by atoms with Crippen LogP contribution in [-0.4, -0.2) is 39.1 Å². The third kappa shape index (κ3) is 2.13. The summed E-state index contributed by atoms with van der Waals surface area (Å²) in [5.74, 6) is 0.111. The van der Waals surface area contributed by atoms with Gasteiger partial charge in [-0.2, -0.15) is 5.10 Å². The third-order valence-electron chi connectivity index (χ3n) is 3.06. The number of aryl methyl sites for hydroxylation is 1. The molecular formula is C10H14N4O3. The van der Waals surface area contributed by atoms with Crippen LogP contribution in [0.2, 0.25) is 0 Å². The molecule has 1 aliphatic rings. The van der Waals surface area contributed by atoms with Gasteiger partial charge in [0.1, 0.15) is 11.9 Å². The first-order chi connectivity index (χ1) is 7.99. The number of nitrogens with zero attached hydrogens (tertiary/aromatic N) is 4. The fourth-order valence-corrected chi connectivity index (χ4v) is 2.04. The van der Waals surface area contributed by atoms with Crippen molar-refractivity contribution in [3.05, 3.63) is 22.0 Å². The molecule has 1 fully saturated rings. The minimum absolute atomic E-state index is 0.0320. The highest BCUT2D eigenvalue weighted by atomic mass is 16.6. The molecule has 92 valence electrons. The summed E-state index contributed by atoms with van der Waals surface area (Å²) in [6, 6.07) is 0.0325. The zero-order chi connectivity index (χ0) is 12.6. The zero-order valence-corrected chi connectivity index (χ0v) is 9.79. The fraction of sp³-hybridized carbons (Fsp3) is 0.600. The number of likely N-dealkylation sites (N-methyl/N-ethyl adjacent to an activating group) is 1. The second kappa shape index (κ2) is 4.15. The lowest BCUT2D eigenvalue weighted by Gasteiger charge is -2.29. The average molecular weight is 238 g/mol. The van der Waals surface area contributed by atoms with Gasteiger partial charge in [0.05, 0.1) is 11.0 Å². The maximum atomic E-state index is 11.3. The maximum Gasteiger partial charge on any atom is 0.309 e. The predicted octanol–water partition coefficient (Wildman–Crippen LogP) is 0.893. The summed E-state index contributed by atoms with van der Waals surface area (Å²) in [7, 11) is 1.74. The molecule has 0 spiro atoms. The van der Waals surface area contributed by atoms with Crippen molar-refractivity contribution in [3.63, 3.8) is 0 Å². The quantitative estimate of drug-likeness (QED) is 0.566. The first-order valence-corrected chi connectivity index (χ1v) is 5.43. The number of piperidine rings is 1. The number of carbonyl (C=O) groups is 1. The van der Waals surface area contributed by atoms with Gasteiger partial charge in [-0.1, -0.05) is 0 Å². The molecule has 0 radical (unpaired) electrons. The molecule has 1 aromatic rings. The summed E-state index contributed by atoms with van der Waals surface area (Å²) in [6.45, 7) is 2.17. The molecular weight excluding hydrogens is 224 g/mol. The van der Waals surface area contributed by atoms with Crippen molar-refractivity contribution in [2.24, 2.45) is 0 Å². The second-order valence-electron chi connectivity index (χ2n) is 4.30. The third-order valence-corrected chi connectivity index (χ3v) is 3.06. The minimum atomic E-state index is -0.434. The van der Waals surface area contributed by atoms with Crippen molar-refractivity contribution in [1.82, 2.24) is 14.7 Å². The summed E-state index contributed by atoms with van der Waals surface area (Å²) in [6.07, 6.45) is 2.60. The minimum Gasteiger partial charge on any atom is -0.344 e. The largest absolute Gasteiger partial charge is 0.344 e. The molecule has 1 unspecified atom stereocenters. The van der Waals surface area contributed by atoms with E-state index in [-0.39, 0.29) is 17.6 Å². The number of nitro groups is 1. The lowest BCUT2D eigenvalue weighted by Crippen LogP contribution is -2.38. The fourth-order valence-electron chi connectivity index (χ4n) is 2.04. The Morgan fingerprint density at radius 2 is 2.29 bits per heavy atom. The highest BCUT2D eigenvalue weighted by Gasteiger charge is 2.27. The second-order valence-corrected chi connectivity index (χ2v) is 4.30. The molecule has 7 nitrogen and oxygen atoms in total. The van der Waals surface area contributed by atoms with E-state index in [0.717, 1.165) is 0 Å². The van der Waals surface area contributed by atoms with Gasteiger partial charge in [0.25, 0.3) is 0 Å². The van der Waals surface area contributed by atoms with Gasteiger partial charge < -0.3 is 4.90 Å². The van der Waals surface area contributed by atoms with Crippen molar-refractivity contribution in [3.8, 4) is 0 Å². The maximum absolute atomic E-state index is 11.3. The van der Waals surface area contributed by atoms with Gasteiger partial charge in [0.2, 0.25) is 5.91 Å². The van der Waals surface area contributed by atoms with Crippen LogP contribution in [0.3, 0.4) is 0 Å². The van der Waals surface area contributed by atoms with Crippen molar-refractivity contribution in [2.45, 2.75) is 25.8 Å². The molecule has 17 heavy (non-hydrogen) atoms. The first kappa shape index (κ1) is 11.6. The molecule has 0 saturated carbocycles. The Balaban J connectivity index is 2.21. The molecule has 0 N–H and O–H groups in total. The van der Waals surface area contributed by atoms with Crippen LogP contribution in [0.5, 0.6) is 0 Å². The van der Waals surface area contributed by atoms with Crippen LogP contribution in [0.25, 0.3) is 0 Å². The molecule has 0 aliphatic carbocycles. The molecule has 1 atom stereocenters. The summed E-state index contributed by atoms with van der Waals surface area (Å²) in [5.41, 5.74) is 0.444. The monoisotopic (exact) mass is 238 g/mol. The molecule has 1 amide bonds. The average Bonchev–Trinajstić information content (AvgIpc) is 2.64. The molecule has 0 aromatic carbocycles. The number of amides is 1. The van der Waals surface area contributed by atoms with Gasteiger partial charge in [-0.05, 0) is 13.3 Å². The van der Waals surface area contributed by atoms with E-state index < -0.39 is 4.92 Å². The number of carbonyl (C=O) groups excluding carboxylic acids is 1. The molecule has 2 heterocycles. The number of hydrogen-bond donors (Lipinski definition) is 0. The van der Waals surface area contributed by atoms with E-state index in [1.165, 1.54) is 6.20 Å². The molecule has 1 saturated heterocycles.